The molecule has 0 bridgehead atoms. The van der Waals surface area contributed by atoms with Crippen LogP contribution in [0.4, 0.5) is 18.9 Å². The van der Waals surface area contributed by atoms with Crippen molar-refractivity contribution in [1.29, 1.82) is 0 Å². The molecule has 0 aliphatic rings. The Kier molecular flexibility index (Phi) is 6.59. The van der Waals surface area contributed by atoms with Gasteiger partial charge in [-0.2, -0.15) is 18.3 Å². The van der Waals surface area contributed by atoms with E-state index in [0.29, 0.717) is 12.1 Å². The van der Waals surface area contributed by atoms with Crippen LogP contribution in [0.1, 0.15) is 5.56 Å². The lowest BCUT2D eigenvalue weighted by atomic mass is 10.2. The molecule has 0 spiro atoms. The fourth-order valence-electron chi connectivity index (χ4n) is 1.42. The van der Waals surface area contributed by atoms with Crippen molar-refractivity contribution < 1.29 is 31.5 Å². The van der Waals surface area contributed by atoms with Crippen molar-refractivity contribution in [3.8, 4) is 0 Å². The molecule has 0 atom stereocenters. The van der Waals surface area contributed by atoms with Crippen molar-refractivity contribution >= 4 is 59.6 Å². The second kappa shape index (κ2) is 7.66. The zero-order valence-corrected chi connectivity index (χ0v) is 15.7. The minimum Gasteiger partial charge on any atom is -0.477 e. The summed E-state index contributed by atoms with van der Waals surface area (Å²) in [6.07, 6.45) is -2.94. The van der Waals surface area contributed by atoms with Gasteiger partial charge < -0.3 is 5.11 Å². The van der Waals surface area contributed by atoms with Crippen molar-refractivity contribution in [2.45, 2.75) is 11.1 Å². The predicted octanol–water partition coefficient (Wildman–Crippen LogP) is 3.59. The maximum atomic E-state index is 12.7. The first-order chi connectivity index (χ1) is 10.8. The number of hydrogen-bond donors (Lipinski definition) is 2. The monoisotopic (exact) mass is 492 g/mol. The number of carbonyl (C=O) groups is 1. The molecule has 0 aliphatic heterocycles. The number of alkyl halides is 3. The van der Waals surface area contributed by atoms with Crippen LogP contribution in [0.3, 0.4) is 0 Å². The Labute approximate surface area is 151 Å². The highest BCUT2D eigenvalue weighted by Crippen LogP contribution is 2.33. The molecule has 0 aliphatic carbocycles. The minimum absolute atomic E-state index is 0.0234. The number of nitrogens with one attached hydrogen (secondary N) is 1. The maximum absolute atomic E-state index is 12.7. The summed E-state index contributed by atoms with van der Waals surface area (Å²) in [5.74, 6) is -1.28. The number of hydrazone groups is 1. The average Bonchev–Trinajstić information content (AvgIpc) is 2.44. The fourth-order valence-corrected chi connectivity index (χ4v) is 2.64. The number of hydrogen-bond acceptors (Lipinski definition) is 5. The van der Waals surface area contributed by atoms with Gasteiger partial charge >= 0.3 is 12.1 Å². The second-order valence-corrected chi connectivity index (χ2v) is 7.95. The third-order valence-electron chi connectivity index (χ3n) is 2.47. The molecule has 1 aromatic rings. The van der Waals surface area contributed by atoms with E-state index in [-0.39, 0.29) is 14.7 Å². The number of halogens is 5. The number of nitrogens with zero attached hydrogens (tertiary/aromatic N) is 1. The van der Waals surface area contributed by atoms with Crippen LogP contribution in [-0.4, -0.2) is 32.0 Å². The predicted molar refractivity (Wildman–Crippen MR) is 89.2 cm³/mol. The van der Waals surface area contributed by atoms with Gasteiger partial charge in [0.25, 0.3) is 0 Å². The third-order valence-corrected chi connectivity index (χ3v) is 5.51. The number of aliphatic carboxylic acids is 1. The summed E-state index contributed by atoms with van der Waals surface area (Å²) in [5, 5.41) is 12.3. The van der Waals surface area contributed by atoms with E-state index in [9.17, 15) is 26.4 Å². The van der Waals surface area contributed by atoms with E-state index >= 15 is 0 Å². The Balaban J connectivity index is 3.22. The second-order valence-electron chi connectivity index (χ2n) is 4.32. The van der Waals surface area contributed by atoms with Gasteiger partial charge in [-0.15, -0.1) is 0 Å². The smallest absolute Gasteiger partial charge is 0.416 e. The van der Waals surface area contributed by atoms with Crippen molar-refractivity contribution in [1.82, 2.24) is 0 Å². The molecule has 0 heterocycles. The number of carboxylic acid groups (broad SMARTS) is 1. The SMILES string of the molecule is CS(=O)(=O)c1cc(C(F)(F)F)ccc1N/N=C/C(Br)=C(/Br)C(=O)O. The Morgan fingerprint density at radius 2 is 1.92 bits per heavy atom. The zero-order valence-electron chi connectivity index (χ0n) is 11.7. The van der Waals surface area contributed by atoms with E-state index in [2.05, 4.69) is 42.4 Å². The van der Waals surface area contributed by atoms with Crippen LogP contribution in [0.15, 0.2) is 37.2 Å². The highest BCUT2D eigenvalue weighted by molar-refractivity contribution is 9.14. The maximum Gasteiger partial charge on any atom is 0.416 e. The summed E-state index contributed by atoms with van der Waals surface area (Å²) in [7, 11) is -3.96. The minimum atomic E-state index is -4.70. The summed E-state index contributed by atoms with van der Waals surface area (Å²) in [6, 6.07) is 2.11. The zero-order chi connectivity index (χ0) is 18.7. The molecule has 24 heavy (non-hydrogen) atoms. The van der Waals surface area contributed by atoms with E-state index in [1.54, 1.807) is 0 Å². The Morgan fingerprint density at radius 1 is 1.33 bits per heavy atom. The van der Waals surface area contributed by atoms with Crippen LogP contribution < -0.4 is 5.43 Å². The Bertz CT molecular complexity index is 820. The summed E-state index contributed by atoms with van der Waals surface area (Å²) in [5.41, 5.74) is 0.963. The van der Waals surface area contributed by atoms with Crippen molar-refractivity contribution in [3.05, 3.63) is 32.7 Å². The molecule has 6 nitrogen and oxygen atoms in total. The van der Waals surface area contributed by atoms with E-state index in [1.165, 1.54) is 0 Å². The highest BCUT2D eigenvalue weighted by Gasteiger charge is 2.32. The summed E-state index contributed by atoms with van der Waals surface area (Å²) >= 11 is 5.67. The number of allylic oxidation sites excluding steroid dienone is 1. The van der Waals surface area contributed by atoms with Crippen LogP contribution >= 0.6 is 31.9 Å². The largest absolute Gasteiger partial charge is 0.477 e. The molecule has 0 saturated carbocycles. The Hall–Kier alpha value is -1.40. The van der Waals surface area contributed by atoms with Gasteiger partial charge in [-0.1, -0.05) is 0 Å². The summed E-state index contributed by atoms with van der Waals surface area (Å²) < 4.78 is 61.2. The summed E-state index contributed by atoms with van der Waals surface area (Å²) in [4.78, 5) is 10.1. The topological polar surface area (TPSA) is 95.8 Å². The molecule has 1 aromatic carbocycles. The Morgan fingerprint density at radius 3 is 2.38 bits per heavy atom. The first kappa shape index (κ1) is 20.6. The molecule has 0 amide bonds. The van der Waals surface area contributed by atoms with Crippen molar-refractivity contribution in [3.63, 3.8) is 0 Å². The van der Waals surface area contributed by atoms with Gasteiger partial charge in [0.05, 0.1) is 26.8 Å². The number of rotatable bonds is 5. The number of anilines is 1. The lowest BCUT2D eigenvalue weighted by Crippen LogP contribution is -2.09. The fraction of sp³-hybridized carbons (Fsp3) is 0.167. The van der Waals surface area contributed by atoms with Crippen LogP contribution in [0, 0.1) is 0 Å². The standard InChI is InChI=1S/C12H9Br2F3N2O4S/c1-24(22,23)9-4-6(12(15,16)17)2-3-8(9)19-18-5-7(13)10(14)11(20)21/h2-5,19H,1H3,(H,20,21)/b10-7-,18-5+. The van der Waals surface area contributed by atoms with Crippen LogP contribution in [0.25, 0.3) is 0 Å². The van der Waals surface area contributed by atoms with Crippen LogP contribution in [0.2, 0.25) is 0 Å². The highest BCUT2D eigenvalue weighted by atomic mass is 79.9. The van der Waals surface area contributed by atoms with E-state index in [0.717, 1.165) is 18.5 Å². The lowest BCUT2D eigenvalue weighted by molar-refractivity contribution is -0.137. The normalized spacial score (nSPS) is 13.8. The first-order valence-corrected chi connectivity index (χ1v) is 9.30. The van der Waals surface area contributed by atoms with Gasteiger partial charge in [-0.25, -0.2) is 13.2 Å². The van der Waals surface area contributed by atoms with Crippen molar-refractivity contribution in [2.24, 2.45) is 5.10 Å². The molecule has 132 valence electrons. The average molecular weight is 494 g/mol. The van der Waals surface area contributed by atoms with E-state index < -0.39 is 32.4 Å². The van der Waals surface area contributed by atoms with Gasteiger partial charge in [-0.05, 0) is 50.1 Å². The van der Waals surface area contributed by atoms with E-state index in [4.69, 9.17) is 5.11 Å². The lowest BCUT2D eigenvalue weighted by Gasteiger charge is -2.12. The van der Waals surface area contributed by atoms with Gasteiger partial charge in [0.2, 0.25) is 0 Å². The molecule has 0 radical (unpaired) electrons. The molecule has 0 saturated heterocycles. The molecule has 1 rings (SSSR count). The molecule has 0 fully saturated rings. The molecule has 0 aromatic heterocycles. The van der Waals surface area contributed by atoms with Crippen LogP contribution in [0.5, 0.6) is 0 Å². The molecule has 12 heteroatoms. The van der Waals surface area contributed by atoms with E-state index in [1.807, 2.05) is 0 Å². The third kappa shape index (κ3) is 5.60. The summed E-state index contributed by atoms with van der Waals surface area (Å²) in [6.45, 7) is 0. The van der Waals surface area contributed by atoms with Gasteiger partial charge in [0, 0.05) is 6.26 Å². The van der Waals surface area contributed by atoms with Gasteiger partial charge in [0.15, 0.2) is 9.84 Å². The van der Waals surface area contributed by atoms with Gasteiger partial charge in [0.1, 0.15) is 4.48 Å². The quantitative estimate of drug-likeness (QED) is 0.371. The molecular formula is C12H9Br2F3N2O4S. The first-order valence-electron chi connectivity index (χ1n) is 5.83. The number of benzene rings is 1. The molecule has 0 unspecified atom stereocenters. The number of carboxylic acids is 1. The molecular weight excluding hydrogens is 485 g/mol. The molecule has 2 N–H and O–H groups in total. The van der Waals surface area contributed by atoms with Crippen molar-refractivity contribution in [2.75, 3.05) is 11.7 Å². The van der Waals surface area contributed by atoms with Gasteiger partial charge in [-0.3, -0.25) is 5.43 Å². The number of sulfone groups is 1. The van der Waals surface area contributed by atoms with Crippen LogP contribution in [-0.2, 0) is 20.8 Å².